The second-order valence-electron chi connectivity index (χ2n) is 7.56. The maximum atomic E-state index is 9.90. The SMILES string of the molecule is Cc1ccc([C@@H]2c3ccc(O)cc3Oc3nc[n+](CC(C)C)c(N)c32)cc1. The number of anilines is 1. The number of aromatic hydroxyl groups is 1. The molecule has 1 aromatic heterocycles. The average Bonchev–Trinajstić information content (AvgIpc) is 2.63. The maximum Gasteiger partial charge on any atom is 0.306 e. The van der Waals surface area contributed by atoms with Crippen molar-refractivity contribution in [2.24, 2.45) is 5.92 Å². The molecule has 5 heteroatoms. The number of rotatable bonds is 3. The molecular weight excluding hydrogens is 338 g/mol. The molecule has 0 amide bonds. The van der Waals surface area contributed by atoms with E-state index in [0.29, 0.717) is 23.4 Å². The van der Waals surface area contributed by atoms with Gasteiger partial charge in [-0.25, -0.2) is 4.57 Å². The molecule has 0 aliphatic carbocycles. The molecule has 0 spiro atoms. The first kappa shape index (κ1) is 17.3. The number of nitrogens with two attached hydrogens (primary N) is 1. The second kappa shape index (κ2) is 6.58. The number of nitrogen functional groups attached to an aromatic ring is 1. The molecule has 138 valence electrons. The van der Waals surface area contributed by atoms with Gasteiger partial charge < -0.3 is 15.6 Å². The van der Waals surface area contributed by atoms with Crippen LogP contribution in [0.4, 0.5) is 5.82 Å². The standard InChI is InChI=1S/C22H23N3O2/c1-13(2)11-25-12-24-22-20(21(25)23)19(15-6-4-14(3)5-7-15)17-9-8-16(26)10-18(17)27-22/h4-10,12-13,19,23,26H,11H2,1-3H3/p+1/t19-/m1/s1. The van der Waals surface area contributed by atoms with E-state index >= 15 is 0 Å². The number of aromatic nitrogens is 2. The lowest BCUT2D eigenvalue weighted by Gasteiger charge is -2.27. The molecule has 1 atom stereocenters. The van der Waals surface area contributed by atoms with E-state index in [-0.39, 0.29) is 11.7 Å². The Morgan fingerprint density at radius 3 is 2.63 bits per heavy atom. The Morgan fingerprint density at radius 1 is 1.19 bits per heavy atom. The van der Waals surface area contributed by atoms with Gasteiger partial charge in [0.2, 0.25) is 12.1 Å². The van der Waals surface area contributed by atoms with E-state index in [1.54, 1.807) is 18.5 Å². The van der Waals surface area contributed by atoms with E-state index in [0.717, 1.165) is 23.2 Å². The van der Waals surface area contributed by atoms with Crippen LogP contribution in [0.1, 0.15) is 42.0 Å². The van der Waals surface area contributed by atoms with Crippen LogP contribution in [-0.2, 0) is 6.54 Å². The Morgan fingerprint density at radius 2 is 1.93 bits per heavy atom. The van der Waals surface area contributed by atoms with E-state index in [2.05, 4.69) is 50.0 Å². The van der Waals surface area contributed by atoms with Crippen LogP contribution in [0.15, 0.2) is 48.8 Å². The van der Waals surface area contributed by atoms with Crippen molar-refractivity contribution in [3.8, 4) is 17.4 Å². The van der Waals surface area contributed by atoms with E-state index in [9.17, 15) is 5.11 Å². The molecule has 0 radical (unpaired) electrons. The summed E-state index contributed by atoms with van der Waals surface area (Å²) in [7, 11) is 0. The predicted molar refractivity (Wildman–Crippen MR) is 104 cm³/mol. The highest BCUT2D eigenvalue weighted by atomic mass is 16.5. The summed E-state index contributed by atoms with van der Waals surface area (Å²) in [5, 5.41) is 9.90. The molecule has 3 aromatic rings. The maximum absolute atomic E-state index is 9.90. The molecule has 27 heavy (non-hydrogen) atoms. The van der Waals surface area contributed by atoms with Crippen molar-refractivity contribution in [3.05, 3.63) is 71.0 Å². The number of ether oxygens (including phenoxy) is 1. The van der Waals surface area contributed by atoms with E-state index in [4.69, 9.17) is 10.5 Å². The Kier molecular flexibility index (Phi) is 4.22. The third-order valence-corrected chi connectivity index (χ3v) is 4.91. The highest BCUT2D eigenvalue weighted by Gasteiger charge is 2.36. The van der Waals surface area contributed by atoms with Crippen molar-refractivity contribution < 1.29 is 14.4 Å². The summed E-state index contributed by atoms with van der Waals surface area (Å²) in [6.07, 6.45) is 1.73. The molecule has 0 bridgehead atoms. The highest BCUT2D eigenvalue weighted by molar-refractivity contribution is 5.62. The molecule has 0 unspecified atom stereocenters. The second-order valence-corrected chi connectivity index (χ2v) is 7.56. The van der Waals surface area contributed by atoms with Crippen molar-refractivity contribution in [2.75, 3.05) is 5.73 Å². The zero-order valence-corrected chi connectivity index (χ0v) is 15.8. The third kappa shape index (κ3) is 3.10. The van der Waals surface area contributed by atoms with Crippen LogP contribution in [-0.4, -0.2) is 10.1 Å². The molecule has 2 heterocycles. The normalized spacial score (nSPS) is 15.2. The fraction of sp³-hybridized carbons (Fsp3) is 0.273. The van der Waals surface area contributed by atoms with E-state index in [1.807, 2.05) is 10.6 Å². The Balaban J connectivity index is 1.94. The number of benzene rings is 2. The lowest BCUT2D eigenvalue weighted by Crippen LogP contribution is -2.41. The minimum atomic E-state index is -0.0999. The van der Waals surface area contributed by atoms with Gasteiger partial charge in [-0.3, -0.25) is 0 Å². The summed E-state index contributed by atoms with van der Waals surface area (Å²) in [5.41, 5.74) is 10.8. The molecule has 0 saturated heterocycles. The number of hydrogen-bond donors (Lipinski definition) is 2. The number of nitrogens with zero attached hydrogens (tertiary/aromatic N) is 2. The summed E-state index contributed by atoms with van der Waals surface area (Å²) < 4.78 is 8.00. The largest absolute Gasteiger partial charge is 0.508 e. The number of phenolic OH excluding ortho intramolecular Hbond substituents is 1. The summed E-state index contributed by atoms with van der Waals surface area (Å²) in [4.78, 5) is 4.53. The number of aryl methyl sites for hydroxylation is 1. The van der Waals surface area contributed by atoms with Crippen LogP contribution in [0.3, 0.4) is 0 Å². The Bertz CT molecular complexity index is 997. The van der Waals surface area contributed by atoms with Crippen molar-refractivity contribution in [3.63, 3.8) is 0 Å². The van der Waals surface area contributed by atoms with Gasteiger partial charge >= 0.3 is 5.88 Å². The first-order valence-corrected chi connectivity index (χ1v) is 9.19. The average molecular weight is 362 g/mol. The molecule has 3 N–H and O–H groups in total. The first-order valence-electron chi connectivity index (χ1n) is 9.19. The molecule has 0 fully saturated rings. The van der Waals surface area contributed by atoms with Crippen LogP contribution in [0.25, 0.3) is 0 Å². The minimum absolute atomic E-state index is 0.0999. The topological polar surface area (TPSA) is 72.2 Å². The first-order chi connectivity index (χ1) is 12.9. The zero-order valence-electron chi connectivity index (χ0n) is 15.8. The molecular formula is C22H24N3O2+. The fourth-order valence-electron chi connectivity index (χ4n) is 3.62. The molecule has 0 saturated carbocycles. The van der Waals surface area contributed by atoms with Crippen molar-refractivity contribution in [2.45, 2.75) is 33.2 Å². The Hall–Kier alpha value is -3.08. The number of phenols is 1. The van der Waals surface area contributed by atoms with Gasteiger partial charge in [-0.15, -0.1) is 0 Å². The van der Waals surface area contributed by atoms with Crippen LogP contribution < -0.4 is 15.0 Å². The van der Waals surface area contributed by atoms with Gasteiger partial charge in [0.25, 0.3) is 0 Å². The van der Waals surface area contributed by atoms with Crippen LogP contribution >= 0.6 is 0 Å². The molecule has 4 rings (SSSR count). The minimum Gasteiger partial charge on any atom is -0.508 e. The van der Waals surface area contributed by atoms with Gasteiger partial charge in [0.1, 0.15) is 17.1 Å². The lowest BCUT2D eigenvalue weighted by atomic mass is 9.83. The van der Waals surface area contributed by atoms with Gasteiger partial charge in [-0.1, -0.05) is 54.7 Å². The van der Waals surface area contributed by atoms with Gasteiger partial charge in [-0.2, -0.15) is 0 Å². The molecule has 5 nitrogen and oxygen atoms in total. The smallest absolute Gasteiger partial charge is 0.306 e. The molecule has 2 aromatic carbocycles. The predicted octanol–water partition coefficient (Wildman–Crippen LogP) is 3.91. The summed E-state index contributed by atoms with van der Waals surface area (Å²) in [6, 6.07) is 13.6. The van der Waals surface area contributed by atoms with E-state index in [1.165, 1.54) is 5.56 Å². The van der Waals surface area contributed by atoms with Crippen molar-refractivity contribution in [1.29, 1.82) is 0 Å². The summed E-state index contributed by atoms with van der Waals surface area (Å²) in [6.45, 7) is 7.16. The van der Waals surface area contributed by atoms with Crippen LogP contribution in [0.2, 0.25) is 0 Å². The van der Waals surface area contributed by atoms with E-state index < -0.39 is 0 Å². The van der Waals surface area contributed by atoms with Gasteiger partial charge in [0, 0.05) is 11.6 Å². The van der Waals surface area contributed by atoms with Crippen molar-refractivity contribution >= 4 is 5.82 Å². The monoisotopic (exact) mass is 362 g/mol. The lowest BCUT2D eigenvalue weighted by molar-refractivity contribution is -0.691. The van der Waals surface area contributed by atoms with Crippen LogP contribution in [0, 0.1) is 12.8 Å². The Labute approximate surface area is 159 Å². The number of fused-ring (bicyclic) bond motifs is 2. The number of hydrogen-bond acceptors (Lipinski definition) is 4. The zero-order chi connectivity index (χ0) is 19.1. The summed E-state index contributed by atoms with van der Waals surface area (Å²) in [5.74, 6) is 2.29. The van der Waals surface area contributed by atoms with Crippen LogP contribution in [0.5, 0.6) is 17.4 Å². The van der Waals surface area contributed by atoms with Gasteiger partial charge in [-0.05, 0) is 24.5 Å². The molecule has 1 aliphatic heterocycles. The van der Waals surface area contributed by atoms with Gasteiger partial charge in [0.05, 0.1) is 12.5 Å². The van der Waals surface area contributed by atoms with Crippen molar-refractivity contribution in [1.82, 2.24) is 4.98 Å². The quantitative estimate of drug-likeness (QED) is 0.542. The molecule has 1 aliphatic rings. The van der Waals surface area contributed by atoms with Gasteiger partial charge in [0.15, 0.2) is 0 Å². The third-order valence-electron chi connectivity index (χ3n) is 4.91. The fourth-order valence-corrected chi connectivity index (χ4v) is 3.62. The summed E-state index contributed by atoms with van der Waals surface area (Å²) >= 11 is 0. The highest BCUT2D eigenvalue weighted by Crippen LogP contribution is 2.48.